The number of aromatic amines is 1. The Balaban J connectivity index is 0.00000280. The summed E-state index contributed by atoms with van der Waals surface area (Å²) < 4.78 is 6.97. The predicted molar refractivity (Wildman–Crippen MR) is 110 cm³/mol. The van der Waals surface area contributed by atoms with Crippen molar-refractivity contribution in [1.82, 2.24) is 14.7 Å². The van der Waals surface area contributed by atoms with Crippen LogP contribution in [0.2, 0.25) is 0 Å². The molecule has 1 aromatic carbocycles. The first-order valence-corrected chi connectivity index (χ1v) is 9.41. The average Bonchev–Trinajstić information content (AvgIpc) is 2.70. The molecule has 0 atom stereocenters. The van der Waals surface area contributed by atoms with E-state index in [0.717, 1.165) is 19.3 Å². The van der Waals surface area contributed by atoms with Crippen LogP contribution in [-0.4, -0.2) is 52.9 Å². The van der Waals surface area contributed by atoms with Crippen LogP contribution in [0.3, 0.4) is 0 Å². The number of aryl methyl sites for hydroxylation is 1. The lowest BCUT2D eigenvalue weighted by atomic mass is 10.1. The van der Waals surface area contributed by atoms with Gasteiger partial charge in [-0.15, -0.1) is 12.4 Å². The molecule has 0 bridgehead atoms. The van der Waals surface area contributed by atoms with Crippen molar-refractivity contribution in [1.29, 1.82) is 0 Å². The predicted octanol–water partition coefficient (Wildman–Crippen LogP) is 0.858. The molecule has 1 amide bonds. The number of benzene rings is 1. The molecule has 1 aliphatic heterocycles. The summed E-state index contributed by atoms with van der Waals surface area (Å²) >= 11 is 0. The number of carbonyl (C=O) groups is 1. The number of likely N-dealkylation sites (tertiary alicyclic amines) is 1. The highest BCUT2D eigenvalue weighted by atomic mass is 35.5. The molecule has 1 fully saturated rings. The van der Waals surface area contributed by atoms with Gasteiger partial charge in [0.15, 0.2) is 0 Å². The topological polar surface area (TPSA) is 110 Å². The number of hydrogen-bond acceptors (Lipinski definition) is 5. The Kier molecular flexibility index (Phi) is 8.22. The van der Waals surface area contributed by atoms with Crippen molar-refractivity contribution >= 4 is 29.1 Å². The van der Waals surface area contributed by atoms with Crippen molar-refractivity contribution in [2.45, 2.75) is 38.3 Å². The molecule has 1 aliphatic rings. The van der Waals surface area contributed by atoms with Crippen molar-refractivity contribution in [2.24, 2.45) is 5.73 Å². The lowest BCUT2D eigenvalue weighted by Crippen LogP contribution is -2.41. The molecule has 2 heterocycles. The third-order valence-corrected chi connectivity index (χ3v) is 4.93. The van der Waals surface area contributed by atoms with Crippen molar-refractivity contribution in [2.75, 3.05) is 26.2 Å². The van der Waals surface area contributed by atoms with Crippen LogP contribution in [0.25, 0.3) is 10.8 Å². The highest BCUT2D eigenvalue weighted by Crippen LogP contribution is 2.15. The SMILES string of the molecule is Cl.NCCCOC1CCN(C(=O)CCn2[nH]c(=O)c3ccccc3c2=O)CC1. The maximum absolute atomic E-state index is 12.5. The first-order chi connectivity index (χ1) is 13.1. The van der Waals surface area contributed by atoms with Gasteiger partial charge < -0.3 is 15.4 Å². The first kappa shape index (κ1) is 22.1. The molecule has 0 spiro atoms. The lowest BCUT2D eigenvalue weighted by Gasteiger charge is -2.32. The molecular weight excluding hydrogens is 384 g/mol. The molecule has 154 valence electrons. The van der Waals surface area contributed by atoms with Gasteiger partial charge >= 0.3 is 0 Å². The number of hydrogen-bond donors (Lipinski definition) is 2. The van der Waals surface area contributed by atoms with Gasteiger partial charge in [0, 0.05) is 26.1 Å². The van der Waals surface area contributed by atoms with Crippen LogP contribution in [0.15, 0.2) is 33.9 Å². The van der Waals surface area contributed by atoms with Crippen molar-refractivity contribution in [3.05, 3.63) is 45.0 Å². The number of carbonyl (C=O) groups excluding carboxylic acids is 1. The van der Waals surface area contributed by atoms with Gasteiger partial charge in [0.1, 0.15) is 0 Å². The summed E-state index contributed by atoms with van der Waals surface area (Å²) in [4.78, 5) is 38.8. The van der Waals surface area contributed by atoms with Gasteiger partial charge in [-0.25, -0.2) is 4.68 Å². The summed E-state index contributed by atoms with van der Waals surface area (Å²) in [5, 5.41) is 3.29. The summed E-state index contributed by atoms with van der Waals surface area (Å²) in [7, 11) is 0. The summed E-state index contributed by atoms with van der Waals surface area (Å²) in [5.41, 5.74) is 4.85. The Labute approximate surface area is 169 Å². The summed E-state index contributed by atoms with van der Waals surface area (Å²) in [6.45, 7) is 2.73. The third-order valence-electron chi connectivity index (χ3n) is 4.93. The second-order valence-corrected chi connectivity index (χ2v) is 6.79. The second kappa shape index (κ2) is 10.4. The fourth-order valence-electron chi connectivity index (χ4n) is 3.37. The van der Waals surface area contributed by atoms with E-state index in [0.29, 0.717) is 37.0 Å². The normalized spacial score (nSPS) is 14.8. The first-order valence-electron chi connectivity index (χ1n) is 9.41. The molecule has 9 heteroatoms. The minimum atomic E-state index is -0.326. The van der Waals surface area contributed by atoms with E-state index >= 15 is 0 Å². The van der Waals surface area contributed by atoms with Gasteiger partial charge in [0.05, 0.1) is 23.4 Å². The Morgan fingerprint density at radius 2 is 1.86 bits per heavy atom. The van der Waals surface area contributed by atoms with E-state index in [1.165, 1.54) is 4.68 Å². The highest BCUT2D eigenvalue weighted by molar-refractivity contribution is 5.85. The van der Waals surface area contributed by atoms with Crippen LogP contribution in [-0.2, 0) is 16.1 Å². The van der Waals surface area contributed by atoms with Crippen LogP contribution in [0.5, 0.6) is 0 Å². The number of ether oxygens (including phenoxy) is 1. The smallest absolute Gasteiger partial charge is 0.273 e. The van der Waals surface area contributed by atoms with Crippen LogP contribution in [0.1, 0.15) is 25.7 Å². The molecule has 0 aliphatic carbocycles. The standard InChI is InChI=1S/C19H26N4O4.ClH/c20-9-3-13-27-14-6-10-22(11-7-14)17(24)8-12-23-19(26)16-5-2-1-4-15(16)18(25)21-23;/h1-2,4-5,14H,3,6-13,20H2,(H,21,25);1H. The van der Waals surface area contributed by atoms with Crippen LogP contribution >= 0.6 is 12.4 Å². The Morgan fingerprint density at radius 1 is 1.18 bits per heavy atom. The summed E-state index contributed by atoms with van der Waals surface area (Å²) in [5.74, 6) is -0.0173. The van der Waals surface area contributed by atoms with Gasteiger partial charge in [-0.05, 0) is 37.9 Å². The number of H-pyrrole nitrogens is 1. The Bertz CT molecular complexity index is 903. The zero-order valence-electron chi connectivity index (χ0n) is 15.8. The summed E-state index contributed by atoms with van der Waals surface area (Å²) in [6, 6.07) is 6.68. The number of piperidine rings is 1. The maximum atomic E-state index is 12.5. The Hall–Kier alpha value is -2.16. The minimum Gasteiger partial charge on any atom is -0.378 e. The van der Waals surface area contributed by atoms with Crippen molar-refractivity contribution < 1.29 is 9.53 Å². The minimum absolute atomic E-state index is 0. The molecule has 1 saturated heterocycles. The van der Waals surface area contributed by atoms with Gasteiger partial charge in [0.2, 0.25) is 5.91 Å². The van der Waals surface area contributed by atoms with E-state index in [9.17, 15) is 14.4 Å². The summed E-state index contributed by atoms with van der Waals surface area (Å²) in [6.07, 6.45) is 2.82. The molecule has 1 aromatic heterocycles. The number of amides is 1. The average molecular weight is 411 g/mol. The number of nitrogens with zero attached hydrogens (tertiary/aromatic N) is 2. The molecule has 8 nitrogen and oxygen atoms in total. The van der Waals surface area contributed by atoms with E-state index in [1.807, 2.05) is 0 Å². The monoisotopic (exact) mass is 410 g/mol. The highest BCUT2D eigenvalue weighted by Gasteiger charge is 2.23. The molecule has 3 N–H and O–H groups in total. The van der Waals surface area contributed by atoms with Crippen molar-refractivity contribution in [3.63, 3.8) is 0 Å². The molecular formula is C19H27ClN4O4. The number of nitrogens with two attached hydrogens (primary N) is 1. The maximum Gasteiger partial charge on any atom is 0.273 e. The molecule has 0 unspecified atom stereocenters. The Morgan fingerprint density at radius 3 is 2.54 bits per heavy atom. The zero-order valence-corrected chi connectivity index (χ0v) is 16.6. The lowest BCUT2D eigenvalue weighted by molar-refractivity contribution is -0.134. The van der Waals surface area contributed by atoms with E-state index < -0.39 is 0 Å². The van der Waals surface area contributed by atoms with Crippen LogP contribution in [0, 0.1) is 0 Å². The number of rotatable bonds is 7. The second-order valence-electron chi connectivity index (χ2n) is 6.79. The number of aromatic nitrogens is 2. The van der Waals surface area contributed by atoms with Gasteiger partial charge in [-0.3, -0.25) is 19.5 Å². The number of nitrogens with one attached hydrogen (secondary N) is 1. The van der Waals surface area contributed by atoms with Crippen molar-refractivity contribution in [3.8, 4) is 0 Å². The van der Waals surface area contributed by atoms with Crippen LogP contribution in [0.4, 0.5) is 0 Å². The quantitative estimate of drug-likeness (QED) is 0.657. The van der Waals surface area contributed by atoms with Gasteiger partial charge in [-0.1, -0.05) is 12.1 Å². The molecule has 2 aromatic rings. The van der Waals surface area contributed by atoms with Gasteiger partial charge in [-0.2, -0.15) is 0 Å². The fraction of sp³-hybridized carbons (Fsp3) is 0.526. The number of fused-ring (bicyclic) bond motifs is 1. The third kappa shape index (κ3) is 5.21. The van der Waals surface area contributed by atoms with E-state index in [4.69, 9.17) is 10.5 Å². The van der Waals surface area contributed by atoms with E-state index in [-0.39, 0.29) is 48.5 Å². The molecule has 0 saturated carbocycles. The fourth-order valence-corrected chi connectivity index (χ4v) is 3.37. The number of halogens is 1. The van der Waals surface area contributed by atoms with E-state index in [1.54, 1.807) is 29.2 Å². The van der Waals surface area contributed by atoms with Gasteiger partial charge in [0.25, 0.3) is 11.1 Å². The van der Waals surface area contributed by atoms with Crippen LogP contribution < -0.4 is 16.9 Å². The van der Waals surface area contributed by atoms with E-state index in [2.05, 4.69) is 5.10 Å². The largest absolute Gasteiger partial charge is 0.378 e. The molecule has 3 rings (SSSR count). The zero-order chi connectivity index (χ0) is 19.2. The molecule has 0 radical (unpaired) electrons. The molecule has 28 heavy (non-hydrogen) atoms.